The summed E-state index contributed by atoms with van der Waals surface area (Å²) in [6.07, 6.45) is 0.983. The fourth-order valence-electron chi connectivity index (χ4n) is 4.25. The Balaban J connectivity index is 1.47. The zero-order valence-corrected chi connectivity index (χ0v) is 21.1. The number of carbonyl (C=O) groups excluding carboxylic acids is 1. The van der Waals surface area contributed by atoms with Crippen molar-refractivity contribution in [3.8, 4) is 5.75 Å². The molecule has 3 aromatic carbocycles. The van der Waals surface area contributed by atoms with Crippen molar-refractivity contribution in [2.24, 2.45) is 0 Å². The second-order valence-electron chi connectivity index (χ2n) is 8.75. The number of ether oxygens (including phenoxy) is 1. The summed E-state index contributed by atoms with van der Waals surface area (Å²) in [7, 11) is -2.27. The summed E-state index contributed by atoms with van der Waals surface area (Å²) in [6, 6.07) is 18.5. The number of anilines is 2. The van der Waals surface area contributed by atoms with Crippen LogP contribution in [0.5, 0.6) is 5.75 Å². The maximum absolute atomic E-state index is 13.1. The van der Waals surface area contributed by atoms with Gasteiger partial charge in [-0.3, -0.25) is 4.79 Å². The second kappa shape index (κ2) is 11.1. The van der Waals surface area contributed by atoms with Crippen LogP contribution in [-0.2, 0) is 27.7 Å². The van der Waals surface area contributed by atoms with Gasteiger partial charge in [-0.25, -0.2) is 13.1 Å². The fraction of sp³-hybridized carbons (Fsp3) is 0.296. The van der Waals surface area contributed by atoms with E-state index < -0.39 is 22.2 Å². The minimum atomic E-state index is -3.86. The number of aliphatic hydroxyl groups is 1. The molecule has 1 aliphatic rings. The lowest BCUT2D eigenvalue weighted by atomic mass is 9.86. The van der Waals surface area contributed by atoms with E-state index in [0.717, 1.165) is 29.0 Å². The van der Waals surface area contributed by atoms with E-state index in [2.05, 4.69) is 15.4 Å². The van der Waals surface area contributed by atoms with E-state index in [0.29, 0.717) is 24.1 Å². The summed E-state index contributed by atoms with van der Waals surface area (Å²) in [6.45, 7) is 2.05. The molecule has 1 aliphatic carbocycles. The monoisotopic (exact) mass is 509 g/mol. The first kappa shape index (κ1) is 25.7. The number of aryl methyl sites for hydroxylation is 2. The Morgan fingerprint density at radius 1 is 1.03 bits per heavy atom. The van der Waals surface area contributed by atoms with Crippen LogP contribution in [0.1, 0.15) is 36.1 Å². The molecule has 0 heterocycles. The Hall–Kier alpha value is -3.40. The number of sulfonamides is 1. The normalized spacial score (nSPS) is 17.2. The lowest BCUT2D eigenvalue weighted by Gasteiger charge is -2.31. The third-order valence-corrected chi connectivity index (χ3v) is 7.78. The van der Waals surface area contributed by atoms with Crippen LogP contribution in [0, 0.1) is 0 Å². The van der Waals surface area contributed by atoms with Crippen molar-refractivity contribution in [3.05, 3.63) is 83.4 Å². The summed E-state index contributed by atoms with van der Waals surface area (Å²) < 4.78 is 34.0. The zero-order valence-electron chi connectivity index (χ0n) is 20.3. The molecule has 9 heteroatoms. The van der Waals surface area contributed by atoms with Crippen LogP contribution in [-0.4, -0.2) is 39.2 Å². The van der Waals surface area contributed by atoms with Crippen molar-refractivity contribution in [2.75, 3.05) is 24.3 Å². The smallest absolute Gasteiger partial charge is 0.243 e. The third-order valence-electron chi connectivity index (χ3n) is 6.33. The van der Waals surface area contributed by atoms with Gasteiger partial charge in [0.15, 0.2) is 0 Å². The van der Waals surface area contributed by atoms with Gasteiger partial charge in [0.1, 0.15) is 5.75 Å². The molecule has 2 atom stereocenters. The average molecular weight is 510 g/mol. The molecular weight excluding hydrogens is 478 g/mol. The number of nitrogens with one attached hydrogen (secondary N) is 3. The quantitative estimate of drug-likeness (QED) is 0.350. The number of hydrogen-bond donors (Lipinski definition) is 4. The lowest BCUT2D eigenvalue weighted by molar-refractivity contribution is -0.114. The van der Waals surface area contributed by atoms with Crippen LogP contribution < -0.4 is 20.1 Å². The SMILES string of the molecule is CCc1ccc(S(=O)(=O)N[C@@H]2c3cc(NC(=O)CNc4ccc(OC)cc4)ccc3CC[C@H]2O)cc1. The highest BCUT2D eigenvalue weighted by molar-refractivity contribution is 7.89. The Bertz CT molecular complexity index is 1310. The number of aliphatic hydroxyl groups excluding tert-OH is 1. The van der Waals surface area contributed by atoms with E-state index in [1.807, 2.05) is 25.1 Å². The summed E-state index contributed by atoms with van der Waals surface area (Å²) in [4.78, 5) is 12.7. The van der Waals surface area contributed by atoms with Crippen molar-refractivity contribution in [2.45, 2.75) is 43.2 Å². The number of benzene rings is 3. The first-order valence-electron chi connectivity index (χ1n) is 11.9. The van der Waals surface area contributed by atoms with E-state index in [1.54, 1.807) is 55.6 Å². The fourth-order valence-corrected chi connectivity index (χ4v) is 5.49. The van der Waals surface area contributed by atoms with Crippen molar-refractivity contribution in [1.29, 1.82) is 0 Å². The molecule has 4 N–H and O–H groups in total. The molecular formula is C27H31N3O5S. The van der Waals surface area contributed by atoms with Crippen molar-refractivity contribution in [3.63, 3.8) is 0 Å². The predicted octanol–water partition coefficient (Wildman–Crippen LogP) is 3.63. The number of hydrogen-bond acceptors (Lipinski definition) is 6. The molecule has 0 fully saturated rings. The molecule has 0 spiro atoms. The summed E-state index contributed by atoms with van der Waals surface area (Å²) in [5.74, 6) is 0.472. The molecule has 0 aliphatic heterocycles. The van der Waals surface area contributed by atoms with Gasteiger partial charge in [0, 0.05) is 11.4 Å². The standard InChI is InChI=1S/C27H31N3O5S/c1-3-18-4-13-23(14-5-18)36(33,34)30-27-24-16-21(8-6-19(24)7-15-25(27)31)29-26(32)17-28-20-9-11-22(35-2)12-10-20/h4-6,8-14,16,25,27-28,30-31H,3,7,15,17H2,1-2H3,(H,29,32)/t25-,27-/m1/s1. The highest BCUT2D eigenvalue weighted by Crippen LogP contribution is 2.33. The van der Waals surface area contributed by atoms with Gasteiger partial charge < -0.3 is 20.5 Å². The minimum absolute atomic E-state index is 0.0514. The molecule has 0 unspecified atom stereocenters. The van der Waals surface area contributed by atoms with Crippen LogP contribution in [0.25, 0.3) is 0 Å². The summed E-state index contributed by atoms with van der Waals surface area (Å²) in [5.41, 5.74) is 3.94. The molecule has 0 saturated heterocycles. The first-order chi connectivity index (χ1) is 17.3. The lowest BCUT2D eigenvalue weighted by Crippen LogP contribution is -2.39. The number of rotatable bonds is 9. The molecule has 0 saturated carbocycles. The molecule has 8 nitrogen and oxygen atoms in total. The summed E-state index contributed by atoms with van der Waals surface area (Å²) in [5, 5.41) is 16.6. The molecule has 0 aromatic heterocycles. The van der Waals surface area contributed by atoms with Gasteiger partial charge in [0.05, 0.1) is 30.7 Å². The Morgan fingerprint density at radius 3 is 2.39 bits per heavy atom. The Labute approximate surface area is 211 Å². The second-order valence-corrected chi connectivity index (χ2v) is 10.5. The predicted molar refractivity (Wildman–Crippen MR) is 140 cm³/mol. The van der Waals surface area contributed by atoms with Gasteiger partial charge in [0.2, 0.25) is 15.9 Å². The van der Waals surface area contributed by atoms with Gasteiger partial charge >= 0.3 is 0 Å². The number of amides is 1. The molecule has 0 radical (unpaired) electrons. The van der Waals surface area contributed by atoms with Gasteiger partial charge in [-0.15, -0.1) is 0 Å². The highest BCUT2D eigenvalue weighted by Gasteiger charge is 2.32. The van der Waals surface area contributed by atoms with Crippen molar-refractivity contribution >= 4 is 27.3 Å². The van der Waals surface area contributed by atoms with Crippen LogP contribution in [0.4, 0.5) is 11.4 Å². The van der Waals surface area contributed by atoms with Crippen molar-refractivity contribution < 1.29 is 23.1 Å². The molecule has 36 heavy (non-hydrogen) atoms. The maximum atomic E-state index is 13.1. The van der Waals surface area contributed by atoms with Crippen molar-refractivity contribution in [1.82, 2.24) is 4.72 Å². The van der Waals surface area contributed by atoms with Gasteiger partial charge in [-0.1, -0.05) is 25.1 Å². The van der Waals surface area contributed by atoms with E-state index in [4.69, 9.17) is 4.74 Å². The van der Waals surface area contributed by atoms with Crippen LogP contribution in [0.3, 0.4) is 0 Å². The van der Waals surface area contributed by atoms with E-state index in [-0.39, 0.29) is 17.3 Å². The van der Waals surface area contributed by atoms with Gasteiger partial charge in [-0.2, -0.15) is 0 Å². The van der Waals surface area contributed by atoms with Gasteiger partial charge in [-0.05, 0) is 84.5 Å². The molecule has 3 aromatic rings. The van der Waals surface area contributed by atoms with Crippen LogP contribution in [0.2, 0.25) is 0 Å². The summed E-state index contributed by atoms with van der Waals surface area (Å²) >= 11 is 0. The zero-order chi connectivity index (χ0) is 25.7. The van der Waals surface area contributed by atoms with E-state index >= 15 is 0 Å². The minimum Gasteiger partial charge on any atom is -0.497 e. The molecule has 4 rings (SSSR count). The first-order valence-corrected chi connectivity index (χ1v) is 13.4. The topological polar surface area (TPSA) is 117 Å². The van der Waals surface area contributed by atoms with Gasteiger partial charge in [0.25, 0.3) is 0 Å². The molecule has 0 bridgehead atoms. The Morgan fingerprint density at radius 2 is 1.72 bits per heavy atom. The number of carbonyl (C=O) groups is 1. The highest BCUT2D eigenvalue weighted by atomic mass is 32.2. The molecule has 190 valence electrons. The Kier molecular flexibility index (Phi) is 7.93. The number of fused-ring (bicyclic) bond motifs is 1. The average Bonchev–Trinajstić information content (AvgIpc) is 2.89. The largest absolute Gasteiger partial charge is 0.497 e. The maximum Gasteiger partial charge on any atom is 0.243 e. The number of methoxy groups -OCH3 is 1. The van der Waals surface area contributed by atoms with E-state index in [1.165, 1.54) is 0 Å². The third kappa shape index (κ3) is 6.04. The van der Waals surface area contributed by atoms with E-state index in [9.17, 15) is 18.3 Å². The van der Waals surface area contributed by atoms with Crippen LogP contribution >= 0.6 is 0 Å². The van der Waals surface area contributed by atoms with Crippen LogP contribution in [0.15, 0.2) is 71.6 Å². The molecule has 1 amide bonds.